The minimum atomic E-state index is -0.0625. The highest BCUT2D eigenvalue weighted by molar-refractivity contribution is 5.98. The lowest BCUT2D eigenvalue weighted by Gasteiger charge is -2.19. The van der Waals surface area contributed by atoms with E-state index in [1.165, 1.54) is 0 Å². The van der Waals surface area contributed by atoms with E-state index >= 15 is 0 Å². The van der Waals surface area contributed by atoms with E-state index in [1.54, 1.807) is 31.3 Å². The van der Waals surface area contributed by atoms with Gasteiger partial charge in [-0.1, -0.05) is 0 Å². The van der Waals surface area contributed by atoms with Crippen molar-refractivity contribution in [2.24, 2.45) is 0 Å². The quantitative estimate of drug-likeness (QED) is 0.809. The van der Waals surface area contributed by atoms with E-state index in [2.05, 4.69) is 4.98 Å². The van der Waals surface area contributed by atoms with Crippen LogP contribution in [0.25, 0.3) is 0 Å². The molecule has 18 heavy (non-hydrogen) atoms. The summed E-state index contributed by atoms with van der Waals surface area (Å²) in [6, 6.07) is 1.78. The summed E-state index contributed by atoms with van der Waals surface area (Å²) in [5.74, 6) is 1.28. The van der Waals surface area contributed by atoms with Gasteiger partial charge in [0.05, 0.1) is 17.9 Å². The molecule has 1 aliphatic rings. The summed E-state index contributed by atoms with van der Waals surface area (Å²) in [6.45, 7) is 0. The van der Waals surface area contributed by atoms with Gasteiger partial charge in [0.1, 0.15) is 11.6 Å². The van der Waals surface area contributed by atoms with Crippen molar-refractivity contribution >= 4 is 11.7 Å². The third kappa shape index (κ3) is 2.72. The Hall–Kier alpha value is -1.78. The van der Waals surface area contributed by atoms with E-state index in [9.17, 15) is 4.79 Å². The standard InChI is InChI=1S/C13H19N3O2/c1-15(2)12-11(13(17)16(3)4)7-10(8-14-12)18-9-5-6-9/h7-9H,5-6H2,1-4H3. The second kappa shape index (κ2) is 4.84. The first-order valence-corrected chi connectivity index (χ1v) is 6.04. The van der Waals surface area contributed by atoms with Gasteiger partial charge in [0.2, 0.25) is 0 Å². The van der Waals surface area contributed by atoms with Gasteiger partial charge < -0.3 is 14.5 Å². The predicted molar refractivity (Wildman–Crippen MR) is 70.2 cm³/mol. The third-order valence-corrected chi connectivity index (χ3v) is 2.73. The molecule has 1 aromatic heterocycles. The maximum Gasteiger partial charge on any atom is 0.257 e. The van der Waals surface area contributed by atoms with Crippen LogP contribution in [-0.2, 0) is 0 Å². The van der Waals surface area contributed by atoms with Crippen LogP contribution in [0.5, 0.6) is 5.75 Å². The van der Waals surface area contributed by atoms with Crippen molar-refractivity contribution in [3.05, 3.63) is 17.8 Å². The van der Waals surface area contributed by atoms with Gasteiger partial charge in [-0.05, 0) is 18.9 Å². The minimum Gasteiger partial charge on any atom is -0.489 e. The third-order valence-electron chi connectivity index (χ3n) is 2.73. The SMILES string of the molecule is CN(C)C(=O)c1cc(OC2CC2)cnc1N(C)C. The molecule has 5 nitrogen and oxygen atoms in total. The zero-order valence-electron chi connectivity index (χ0n) is 11.3. The van der Waals surface area contributed by atoms with Crippen molar-refractivity contribution in [1.82, 2.24) is 9.88 Å². The number of pyridine rings is 1. The Morgan fingerprint density at radius 3 is 2.50 bits per heavy atom. The largest absolute Gasteiger partial charge is 0.489 e. The molecule has 0 unspecified atom stereocenters. The van der Waals surface area contributed by atoms with Gasteiger partial charge in [-0.3, -0.25) is 4.79 Å². The number of carbonyl (C=O) groups excluding carboxylic acids is 1. The Bertz CT molecular complexity index is 454. The number of hydrogen-bond acceptors (Lipinski definition) is 4. The van der Waals surface area contributed by atoms with Gasteiger partial charge in [0.15, 0.2) is 0 Å². The van der Waals surface area contributed by atoms with E-state index in [-0.39, 0.29) is 5.91 Å². The van der Waals surface area contributed by atoms with Crippen LogP contribution in [0, 0.1) is 0 Å². The van der Waals surface area contributed by atoms with Crippen molar-refractivity contribution < 1.29 is 9.53 Å². The fourth-order valence-corrected chi connectivity index (χ4v) is 1.64. The van der Waals surface area contributed by atoms with Crippen molar-refractivity contribution in [2.75, 3.05) is 33.1 Å². The number of hydrogen-bond donors (Lipinski definition) is 0. The van der Waals surface area contributed by atoms with E-state index < -0.39 is 0 Å². The Labute approximate surface area is 107 Å². The molecule has 0 bridgehead atoms. The zero-order valence-corrected chi connectivity index (χ0v) is 11.3. The monoisotopic (exact) mass is 249 g/mol. The summed E-state index contributed by atoms with van der Waals surface area (Å²) in [5, 5.41) is 0. The van der Waals surface area contributed by atoms with Crippen LogP contribution < -0.4 is 9.64 Å². The smallest absolute Gasteiger partial charge is 0.257 e. The Kier molecular flexibility index (Phi) is 3.41. The summed E-state index contributed by atoms with van der Waals surface area (Å²) in [7, 11) is 7.21. The van der Waals surface area contributed by atoms with Gasteiger partial charge in [-0.2, -0.15) is 0 Å². The summed E-state index contributed by atoms with van der Waals surface area (Å²) in [4.78, 5) is 19.8. The van der Waals surface area contributed by atoms with Crippen LogP contribution in [0.15, 0.2) is 12.3 Å². The number of ether oxygens (including phenoxy) is 1. The first kappa shape index (κ1) is 12.7. The lowest BCUT2D eigenvalue weighted by atomic mass is 10.2. The maximum absolute atomic E-state index is 12.1. The van der Waals surface area contributed by atoms with Gasteiger partial charge in [0, 0.05) is 28.2 Å². The van der Waals surface area contributed by atoms with Crippen molar-refractivity contribution in [3.63, 3.8) is 0 Å². The normalized spacial score (nSPS) is 14.2. The lowest BCUT2D eigenvalue weighted by molar-refractivity contribution is 0.0827. The summed E-state index contributed by atoms with van der Waals surface area (Å²) < 4.78 is 5.68. The van der Waals surface area contributed by atoms with Crippen LogP contribution in [-0.4, -0.2) is 50.1 Å². The van der Waals surface area contributed by atoms with Crippen molar-refractivity contribution in [2.45, 2.75) is 18.9 Å². The van der Waals surface area contributed by atoms with Gasteiger partial charge in [0.25, 0.3) is 5.91 Å². The summed E-state index contributed by atoms with van der Waals surface area (Å²) in [5.41, 5.74) is 0.572. The highest BCUT2D eigenvalue weighted by atomic mass is 16.5. The predicted octanol–water partition coefficient (Wildman–Crippen LogP) is 1.39. The molecule has 1 saturated carbocycles. The van der Waals surface area contributed by atoms with E-state index in [0.29, 0.717) is 23.2 Å². The highest BCUT2D eigenvalue weighted by Crippen LogP contribution is 2.29. The molecule has 2 rings (SSSR count). The van der Waals surface area contributed by atoms with Gasteiger partial charge >= 0.3 is 0 Å². The lowest BCUT2D eigenvalue weighted by Crippen LogP contribution is -2.25. The number of carbonyl (C=O) groups is 1. The van der Waals surface area contributed by atoms with Crippen LogP contribution in [0.2, 0.25) is 0 Å². The molecule has 0 aromatic carbocycles. The molecule has 0 N–H and O–H groups in total. The molecular weight excluding hydrogens is 230 g/mol. The fraction of sp³-hybridized carbons (Fsp3) is 0.538. The maximum atomic E-state index is 12.1. The molecule has 0 radical (unpaired) electrons. The number of aromatic nitrogens is 1. The van der Waals surface area contributed by atoms with Gasteiger partial charge in [-0.25, -0.2) is 4.98 Å². The average Bonchev–Trinajstić information content (AvgIpc) is 3.11. The molecule has 1 heterocycles. The summed E-state index contributed by atoms with van der Waals surface area (Å²) >= 11 is 0. The topological polar surface area (TPSA) is 45.7 Å². The minimum absolute atomic E-state index is 0.0625. The number of rotatable bonds is 4. The highest BCUT2D eigenvalue weighted by Gasteiger charge is 2.25. The van der Waals surface area contributed by atoms with E-state index in [1.807, 2.05) is 19.0 Å². The first-order valence-electron chi connectivity index (χ1n) is 6.04. The molecule has 0 saturated heterocycles. The first-order chi connectivity index (χ1) is 8.49. The molecule has 98 valence electrons. The molecule has 5 heteroatoms. The van der Waals surface area contributed by atoms with E-state index in [4.69, 9.17) is 4.74 Å². The van der Waals surface area contributed by atoms with E-state index in [0.717, 1.165) is 12.8 Å². The molecular formula is C13H19N3O2. The second-order valence-electron chi connectivity index (χ2n) is 4.95. The van der Waals surface area contributed by atoms with Crippen LogP contribution in [0.3, 0.4) is 0 Å². The molecule has 0 aliphatic heterocycles. The van der Waals surface area contributed by atoms with Crippen molar-refractivity contribution in [1.29, 1.82) is 0 Å². The Balaban J connectivity index is 2.33. The molecule has 0 spiro atoms. The Morgan fingerprint density at radius 2 is 2.00 bits per heavy atom. The van der Waals surface area contributed by atoms with Gasteiger partial charge in [-0.15, -0.1) is 0 Å². The molecule has 1 aliphatic carbocycles. The van der Waals surface area contributed by atoms with Crippen LogP contribution in [0.4, 0.5) is 5.82 Å². The van der Waals surface area contributed by atoms with Crippen LogP contribution in [0.1, 0.15) is 23.2 Å². The molecule has 0 atom stereocenters. The Morgan fingerprint density at radius 1 is 1.33 bits per heavy atom. The summed E-state index contributed by atoms with van der Waals surface area (Å²) in [6.07, 6.45) is 4.16. The second-order valence-corrected chi connectivity index (χ2v) is 4.95. The fourth-order valence-electron chi connectivity index (χ4n) is 1.64. The zero-order chi connectivity index (χ0) is 13.3. The van der Waals surface area contributed by atoms with Crippen molar-refractivity contribution in [3.8, 4) is 5.75 Å². The number of amides is 1. The number of nitrogens with zero attached hydrogens (tertiary/aromatic N) is 3. The van der Waals surface area contributed by atoms with Crippen LogP contribution >= 0.6 is 0 Å². The molecule has 1 aromatic rings. The molecule has 1 fully saturated rings. The number of anilines is 1. The molecule has 1 amide bonds. The average molecular weight is 249 g/mol.